The molecule has 0 atom stereocenters. The van der Waals surface area contributed by atoms with Gasteiger partial charge in [0.25, 0.3) is 5.91 Å². The van der Waals surface area contributed by atoms with E-state index in [0.29, 0.717) is 22.6 Å². The van der Waals surface area contributed by atoms with Gasteiger partial charge in [-0.2, -0.15) is 0 Å². The minimum Gasteiger partial charge on any atom is -0.495 e. The molecule has 0 saturated carbocycles. The van der Waals surface area contributed by atoms with Crippen LogP contribution in [0.15, 0.2) is 67.2 Å². The molecule has 29 heavy (non-hydrogen) atoms. The number of carbonyl (C=O) groups is 2. The number of methoxy groups -OCH3 is 2. The standard InChI is InChI=1S/C24H19NO4/c1-14-16-7-4-5-8-17(16)18-9-6-10-19(22(14)18)23(26)25-20-13-15(24(27)29-3)11-12-21(20)28-2/h4-13H,1H2,2-3H3,(H,25,26). The van der Waals surface area contributed by atoms with E-state index in [-0.39, 0.29) is 5.91 Å². The summed E-state index contributed by atoms with van der Waals surface area (Å²) in [6.07, 6.45) is 0. The largest absolute Gasteiger partial charge is 0.495 e. The number of rotatable bonds is 4. The van der Waals surface area contributed by atoms with E-state index in [1.54, 1.807) is 18.2 Å². The van der Waals surface area contributed by atoms with E-state index in [1.807, 2.05) is 36.4 Å². The van der Waals surface area contributed by atoms with Crippen LogP contribution in [-0.2, 0) is 4.74 Å². The fraction of sp³-hybridized carbons (Fsp3) is 0.0833. The fourth-order valence-electron chi connectivity index (χ4n) is 3.65. The SMILES string of the molecule is C=C1c2ccccc2-c2cccc(C(=O)Nc3cc(C(=O)OC)ccc3OC)c21. The minimum absolute atomic E-state index is 0.309. The van der Waals surface area contributed by atoms with Crippen molar-refractivity contribution in [1.29, 1.82) is 0 Å². The molecule has 1 N–H and O–H groups in total. The molecule has 3 aromatic carbocycles. The molecule has 0 bridgehead atoms. The molecule has 0 saturated heterocycles. The zero-order valence-corrected chi connectivity index (χ0v) is 16.1. The zero-order valence-electron chi connectivity index (χ0n) is 16.1. The lowest BCUT2D eigenvalue weighted by Gasteiger charge is -2.14. The Kier molecular flexibility index (Phi) is 4.64. The van der Waals surface area contributed by atoms with Gasteiger partial charge < -0.3 is 14.8 Å². The van der Waals surface area contributed by atoms with Gasteiger partial charge in [0.15, 0.2) is 0 Å². The maximum atomic E-state index is 13.2. The quantitative estimate of drug-likeness (QED) is 0.514. The van der Waals surface area contributed by atoms with Crippen molar-refractivity contribution < 1.29 is 19.1 Å². The normalized spacial score (nSPS) is 11.4. The van der Waals surface area contributed by atoms with Gasteiger partial charge in [0.2, 0.25) is 0 Å². The van der Waals surface area contributed by atoms with E-state index >= 15 is 0 Å². The van der Waals surface area contributed by atoms with Gasteiger partial charge in [0.05, 0.1) is 25.5 Å². The van der Waals surface area contributed by atoms with Crippen LogP contribution in [0.1, 0.15) is 31.8 Å². The second-order valence-electron chi connectivity index (χ2n) is 6.61. The molecule has 1 amide bonds. The number of esters is 1. The molecule has 0 fully saturated rings. The number of hydrogen-bond donors (Lipinski definition) is 1. The number of amides is 1. The number of carbonyl (C=O) groups excluding carboxylic acids is 2. The van der Waals surface area contributed by atoms with Crippen LogP contribution in [0.5, 0.6) is 5.75 Å². The first-order chi connectivity index (χ1) is 14.0. The maximum Gasteiger partial charge on any atom is 0.337 e. The van der Waals surface area contributed by atoms with Crippen LogP contribution in [0.4, 0.5) is 5.69 Å². The lowest BCUT2D eigenvalue weighted by molar-refractivity contribution is 0.0600. The molecule has 0 unspecified atom stereocenters. The summed E-state index contributed by atoms with van der Waals surface area (Å²) >= 11 is 0. The molecule has 1 aliphatic carbocycles. The lowest BCUT2D eigenvalue weighted by atomic mass is 9.98. The van der Waals surface area contributed by atoms with Crippen LogP contribution >= 0.6 is 0 Å². The summed E-state index contributed by atoms with van der Waals surface area (Å²) < 4.78 is 10.1. The van der Waals surface area contributed by atoms with E-state index in [2.05, 4.69) is 11.9 Å². The predicted molar refractivity (Wildman–Crippen MR) is 112 cm³/mol. The van der Waals surface area contributed by atoms with Gasteiger partial charge >= 0.3 is 5.97 Å². The molecule has 0 radical (unpaired) electrons. The molecule has 3 aromatic rings. The molecule has 5 heteroatoms. The third kappa shape index (κ3) is 3.06. The summed E-state index contributed by atoms with van der Waals surface area (Å²) in [6.45, 7) is 4.20. The summed E-state index contributed by atoms with van der Waals surface area (Å²) in [5.41, 5.74) is 5.91. The van der Waals surface area contributed by atoms with Gasteiger partial charge in [-0.25, -0.2) is 4.79 Å². The number of fused-ring (bicyclic) bond motifs is 3. The van der Waals surface area contributed by atoms with Crippen LogP contribution in [0.3, 0.4) is 0 Å². The molecular formula is C24H19NO4. The Balaban J connectivity index is 1.73. The van der Waals surface area contributed by atoms with Gasteiger partial charge in [0, 0.05) is 11.1 Å². The van der Waals surface area contributed by atoms with Crippen molar-refractivity contribution in [2.45, 2.75) is 0 Å². The number of ether oxygens (including phenoxy) is 2. The number of anilines is 1. The Morgan fingerprint density at radius 2 is 1.62 bits per heavy atom. The van der Waals surface area contributed by atoms with Crippen molar-refractivity contribution in [3.05, 3.63) is 89.5 Å². The number of hydrogen-bond acceptors (Lipinski definition) is 4. The molecule has 0 aromatic heterocycles. The number of nitrogens with one attached hydrogen (secondary N) is 1. The summed E-state index contributed by atoms with van der Waals surface area (Å²) in [5, 5.41) is 2.86. The summed E-state index contributed by atoms with van der Waals surface area (Å²) in [4.78, 5) is 25.0. The smallest absolute Gasteiger partial charge is 0.337 e. The fourth-order valence-corrected chi connectivity index (χ4v) is 3.65. The molecule has 1 aliphatic rings. The molecule has 4 rings (SSSR count). The van der Waals surface area contributed by atoms with E-state index in [1.165, 1.54) is 20.3 Å². The topological polar surface area (TPSA) is 64.6 Å². The van der Waals surface area contributed by atoms with Crippen LogP contribution in [0.2, 0.25) is 0 Å². The molecular weight excluding hydrogens is 366 g/mol. The van der Waals surface area contributed by atoms with Crippen molar-refractivity contribution in [3.63, 3.8) is 0 Å². The van der Waals surface area contributed by atoms with Crippen LogP contribution in [0.25, 0.3) is 16.7 Å². The second-order valence-corrected chi connectivity index (χ2v) is 6.61. The van der Waals surface area contributed by atoms with Crippen LogP contribution in [0, 0.1) is 0 Å². The zero-order chi connectivity index (χ0) is 20.5. The summed E-state index contributed by atoms with van der Waals surface area (Å²) in [5.74, 6) is -0.357. The lowest BCUT2D eigenvalue weighted by Crippen LogP contribution is -2.15. The van der Waals surface area contributed by atoms with E-state index in [9.17, 15) is 9.59 Å². The summed E-state index contributed by atoms with van der Waals surface area (Å²) in [7, 11) is 2.81. The molecule has 0 heterocycles. The van der Waals surface area contributed by atoms with Gasteiger partial charge in [-0.15, -0.1) is 0 Å². The highest BCUT2D eigenvalue weighted by Crippen LogP contribution is 2.44. The maximum absolute atomic E-state index is 13.2. The third-order valence-corrected chi connectivity index (χ3v) is 5.02. The van der Waals surface area contributed by atoms with Gasteiger partial charge in [-0.3, -0.25) is 4.79 Å². The minimum atomic E-state index is -0.493. The Morgan fingerprint density at radius 1 is 0.897 bits per heavy atom. The predicted octanol–water partition coefficient (Wildman–Crippen LogP) is 4.78. The highest BCUT2D eigenvalue weighted by molar-refractivity contribution is 6.14. The van der Waals surface area contributed by atoms with E-state index < -0.39 is 5.97 Å². The molecule has 0 aliphatic heterocycles. The van der Waals surface area contributed by atoms with Gasteiger partial charge in [-0.05, 0) is 46.5 Å². The number of benzene rings is 3. The van der Waals surface area contributed by atoms with Crippen molar-refractivity contribution >= 4 is 23.1 Å². The Labute approximate surface area is 168 Å². The second kappa shape index (κ2) is 7.28. The Hall–Kier alpha value is -3.86. The summed E-state index contributed by atoms with van der Waals surface area (Å²) in [6, 6.07) is 18.3. The van der Waals surface area contributed by atoms with Crippen molar-refractivity contribution in [1.82, 2.24) is 0 Å². The molecule has 0 spiro atoms. The highest BCUT2D eigenvalue weighted by Gasteiger charge is 2.27. The van der Waals surface area contributed by atoms with Crippen LogP contribution < -0.4 is 10.1 Å². The molecule has 144 valence electrons. The van der Waals surface area contributed by atoms with Crippen LogP contribution in [-0.4, -0.2) is 26.1 Å². The first-order valence-electron chi connectivity index (χ1n) is 9.05. The van der Waals surface area contributed by atoms with E-state index in [0.717, 1.165) is 27.8 Å². The first-order valence-corrected chi connectivity index (χ1v) is 9.05. The Bertz CT molecular complexity index is 1160. The monoisotopic (exact) mass is 385 g/mol. The third-order valence-electron chi connectivity index (χ3n) is 5.02. The molecule has 5 nitrogen and oxygen atoms in total. The van der Waals surface area contributed by atoms with E-state index in [4.69, 9.17) is 9.47 Å². The first kappa shape index (κ1) is 18.5. The van der Waals surface area contributed by atoms with Crippen molar-refractivity contribution in [3.8, 4) is 16.9 Å². The van der Waals surface area contributed by atoms with Gasteiger partial charge in [0.1, 0.15) is 5.75 Å². The van der Waals surface area contributed by atoms with Crippen molar-refractivity contribution in [2.24, 2.45) is 0 Å². The van der Waals surface area contributed by atoms with Crippen molar-refractivity contribution in [2.75, 3.05) is 19.5 Å². The average molecular weight is 385 g/mol. The highest BCUT2D eigenvalue weighted by atomic mass is 16.5. The Morgan fingerprint density at radius 3 is 2.34 bits per heavy atom. The average Bonchev–Trinajstić information content (AvgIpc) is 3.05. The van der Waals surface area contributed by atoms with Gasteiger partial charge in [-0.1, -0.05) is 43.0 Å².